The van der Waals surface area contributed by atoms with Gasteiger partial charge in [-0.15, -0.1) is 0 Å². The van der Waals surface area contributed by atoms with Crippen molar-refractivity contribution >= 4 is 11.7 Å². The summed E-state index contributed by atoms with van der Waals surface area (Å²) in [7, 11) is 0. The lowest BCUT2D eigenvalue weighted by Gasteiger charge is -2.18. The summed E-state index contributed by atoms with van der Waals surface area (Å²) < 4.78 is 81.5. The lowest BCUT2D eigenvalue weighted by atomic mass is 9.99. The molecule has 4 aromatic rings. The molecule has 0 bridgehead atoms. The van der Waals surface area contributed by atoms with Crippen molar-refractivity contribution in [3.8, 4) is 22.3 Å². The van der Waals surface area contributed by atoms with Gasteiger partial charge in [-0.05, 0) is 54.4 Å². The van der Waals surface area contributed by atoms with Crippen LogP contribution < -0.4 is 11.1 Å². The van der Waals surface area contributed by atoms with Crippen molar-refractivity contribution in [1.29, 1.82) is 0 Å². The molecule has 0 fully saturated rings. The molecule has 1 amide bonds. The number of carbonyl (C=O) groups is 1. The van der Waals surface area contributed by atoms with Gasteiger partial charge in [0.05, 0.1) is 23.9 Å². The van der Waals surface area contributed by atoms with Crippen LogP contribution in [0.25, 0.3) is 22.3 Å². The van der Waals surface area contributed by atoms with Crippen LogP contribution in [0.4, 0.5) is 32.2 Å². The van der Waals surface area contributed by atoms with Crippen LogP contribution in [-0.4, -0.2) is 32.4 Å². The van der Waals surface area contributed by atoms with Crippen LogP contribution in [0, 0.1) is 18.6 Å². The van der Waals surface area contributed by atoms with Crippen molar-refractivity contribution in [3.05, 3.63) is 88.9 Å². The monoisotopic (exact) mass is 549 g/mol. The topological polar surface area (TPSA) is 106 Å². The summed E-state index contributed by atoms with van der Waals surface area (Å²) in [5.74, 6) is -2.96. The fraction of sp³-hybridized carbons (Fsp3) is 0.192. The number of aryl methyl sites for hydroxylation is 1. The molecule has 7 nitrogen and oxygen atoms in total. The first kappa shape index (κ1) is 27.6. The third-order valence-electron chi connectivity index (χ3n) is 5.96. The Labute approximate surface area is 217 Å². The maximum Gasteiger partial charge on any atom is 0.333 e. The van der Waals surface area contributed by atoms with Crippen molar-refractivity contribution in [2.45, 2.75) is 25.9 Å². The highest BCUT2D eigenvalue weighted by Crippen LogP contribution is 2.32. The first-order valence-corrected chi connectivity index (χ1v) is 11.4. The number of nitrogen functional groups attached to an aromatic ring is 1. The van der Waals surface area contributed by atoms with Crippen molar-refractivity contribution < 1.29 is 36.2 Å². The van der Waals surface area contributed by atoms with Gasteiger partial charge in [0.15, 0.2) is 0 Å². The molecule has 4 rings (SSSR count). The van der Waals surface area contributed by atoms with Gasteiger partial charge in [-0.3, -0.25) is 4.79 Å². The molecule has 2 heterocycles. The molecule has 0 radical (unpaired) electrons. The van der Waals surface area contributed by atoms with Crippen LogP contribution in [0.1, 0.15) is 46.2 Å². The molecule has 0 aliphatic rings. The van der Waals surface area contributed by atoms with E-state index in [0.717, 1.165) is 30.5 Å². The first-order valence-electron chi connectivity index (χ1n) is 11.4. The van der Waals surface area contributed by atoms with Crippen molar-refractivity contribution in [2.24, 2.45) is 0 Å². The van der Waals surface area contributed by atoms with Gasteiger partial charge in [0.2, 0.25) is 0 Å². The Morgan fingerprint density at radius 2 is 1.74 bits per heavy atom. The maximum atomic E-state index is 15.0. The molecule has 1 unspecified atom stereocenters. The van der Waals surface area contributed by atoms with E-state index in [0.29, 0.717) is 27.6 Å². The molecule has 2 aromatic carbocycles. The van der Waals surface area contributed by atoms with Gasteiger partial charge in [-0.2, -0.15) is 13.9 Å². The second-order valence-corrected chi connectivity index (χ2v) is 8.56. The van der Waals surface area contributed by atoms with Gasteiger partial charge in [0, 0.05) is 34.6 Å². The number of nitrogens with zero attached hydrogens (tertiary/aromatic N) is 3. The van der Waals surface area contributed by atoms with Gasteiger partial charge in [-0.1, -0.05) is 6.07 Å². The Balaban J connectivity index is 1.61. The molecular weight excluding hydrogens is 528 g/mol. The minimum Gasteiger partial charge on any atom is -0.394 e. The summed E-state index contributed by atoms with van der Waals surface area (Å²) in [6.45, 7) is -2.08. The highest BCUT2D eigenvalue weighted by Gasteiger charge is 2.22. The zero-order valence-electron chi connectivity index (χ0n) is 20.2. The van der Waals surface area contributed by atoms with Crippen molar-refractivity contribution in [1.82, 2.24) is 20.1 Å². The predicted molar refractivity (Wildman–Crippen MR) is 130 cm³/mol. The van der Waals surface area contributed by atoms with E-state index in [9.17, 15) is 31.9 Å². The predicted octanol–water partition coefficient (Wildman–Crippen LogP) is 5.58. The molecule has 13 heteroatoms. The van der Waals surface area contributed by atoms with E-state index >= 15 is 4.39 Å². The summed E-state index contributed by atoms with van der Waals surface area (Å²) in [5.41, 5.74) is 6.31. The molecular formula is C26H21F6N5O2. The zero-order valence-corrected chi connectivity index (χ0v) is 20.2. The van der Waals surface area contributed by atoms with Gasteiger partial charge in [-0.25, -0.2) is 27.2 Å². The van der Waals surface area contributed by atoms with Crippen LogP contribution in [0.5, 0.6) is 0 Å². The van der Waals surface area contributed by atoms with E-state index < -0.39 is 54.3 Å². The maximum absolute atomic E-state index is 15.0. The van der Waals surface area contributed by atoms with Gasteiger partial charge >= 0.3 is 6.55 Å². The highest BCUT2D eigenvalue weighted by molar-refractivity contribution is 5.95. The van der Waals surface area contributed by atoms with E-state index in [4.69, 9.17) is 5.73 Å². The van der Waals surface area contributed by atoms with Gasteiger partial charge in [0.1, 0.15) is 17.5 Å². The number of rotatable bonds is 8. The van der Waals surface area contributed by atoms with Crippen molar-refractivity contribution in [2.75, 3.05) is 12.3 Å². The zero-order chi connectivity index (χ0) is 28.4. The highest BCUT2D eigenvalue weighted by atomic mass is 19.3. The molecule has 0 saturated carbocycles. The number of aromatic nitrogens is 3. The van der Waals surface area contributed by atoms with Crippen LogP contribution >= 0.6 is 0 Å². The summed E-state index contributed by atoms with van der Waals surface area (Å²) in [4.78, 5) is 16.8. The average Bonchev–Trinajstić information content (AvgIpc) is 3.28. The van der Waals surface area contributed by atoms with Crippen LogP contribution in [0.2, 0.25) is 0 Å². The number of aliphatic hydroxyl groups is 1. The van der Waals surface area contributed by atoms with E-state index in [1.165, 1.54) is 25.3 Å². The lowest BCUT2D eigenvalue weighted by Crippen LogP contribution is -2.31. The number of hydrogen-bond acceptors (Lipinski definition) is 5. The number of aliphatic hydroxyl groups excluding tert-OH is 1. The van der Waals surface area contributed by atoms with Gasteiger partial charge in [0.25, 0.3) is 12.3 Å². The smallest absolute Gasteiger partial charge is 0.333 e. The quantitative estimate of drug-likeness (QED) is 0.249. The Bertz CT molecular complexity index is 1520. The number of alkyl halides is 4. The van der Waals surface area contributed by atoms with Crippen LogP contribution in [0.3, 0.4) is 0 Å². The molecule has 1 atom stereocenters. The number of nitrogens with two attached hydrogens (primary N) is 1. The molecule has 0 aliphatic heterocycles. The summed E-state index contributed by atoms with van der Waals surface area (Å²) in [6, 6.07) is 6.18. The number of benzene rings is 2. The summed E-state index contributed by atoms with van der Waals surface area (Å²) >= 11 is 0. The summed E-state index contributed by atoms with van der Waals surface area (Å²) in [5, 5.41) is 15.7. The largest absolute Gasteiger partial charge is 0.394 e. The third-order valence-corrected chi connectivity index (χ3v) is 5.96. The fourth-order valence-corrected chi connectivity index (χ4v) is 4.02. The number of anilines is 1. The number of halogens is 6. The normalized spacial score (nSPS) is 12.3. The van der Waals surface area contributed by atoms with Crippen LogP contribution in [0.15, 0.2) is 54.9 Å². The molecule has 204 valence electrons. The molecule has 2 aromatic heterocycles. The van der Waals surface area contributed by atoms with Gasteiger partial charge < -0.3 is 16.2 Å². The Kier molecular flexibility index (Phi) is 7.90. The van der Waals surface area contributed by atoms with Crippen molar-refractivity contribution in [3.63, 3.8) is 0 Å². The second kappa shape index (κ2) is 11.2. The van der Waals surface area contributed by atoms with E-state index in [1.54, 1.807) is 0 Å². The van der Waals surface area contributed by atoms with E-state index in [-0.39, 0.29) is 22.5 Å². The number of pyridine rings is 1. The van der Waals surface area contributed by atoms with Crippen LogP contribution in [-0.2, 0) is 0 Å². The standard InChI is InChI=1S/C26H21F6N5O2/c1-12-20(10-37(36-12)26(31)32)16-7-19(24(33)34-9-16)13-2-3-18(21(28)8-13)25(39)35-22(11-38)14-4-15(23(29)30)6-17(27)5-14/h2-10,22-23,26,38H,11H2,1H3,(H2,33,34)(H,35,39). The number of amides is 1. The molecule has 0 saturated heterocycles. The molecule has 39 heavy (non-hydrogen) atoms. The minimum absolute atomic E-state index is 0.00976. The average molecular weight is 549 g/mol. The first-order chi connectivity index (χ1) is 18.5. The van der Waals surface area contributed by atoms with E-state index in [1.807, 2.05) is 0 Å². The Morgan fingerprint density at radius 1 is 1.03 bits per heavy atom. The number of nitrogens with one attached hydrogen (secondary N) is 1. The Morgan fingerprint density at radius 3 is 2.36 bits per heavy atom. The Hall–Kier alpha value is -4.39. The lowest BCUT2D eigenvalue weighted by molar-refractivity contribution is 0.0563. The molecule has 4 N–H and O–H groups in total. The minimum atomic E-state index is -2.98. The number of carbonyl (C=O) groups excluding carboxylic acids is 1. The number of hydrogen-bond donors (Lipinski definition) is 3. The fourth-order valence-electron chi connectivity index (χ4n) is 4.02. The summed E-state index contributed by atoms with van der Waals surface area (Å²) in [6.07, 6.45) is -0.479. The molecule has 0 aliphatic carbocycles. The SMILES string of the molecule is Cc1nn(C(F)F)cc1-c1cnc(N)c(-c2ccc(C(=O)NC(CO)c3cc(F)cc(C(F)F)c3)c(F)c2)c1. The second-order valence-electron chi connectivity index (χ2n) is 8.56. The molecule has 0 spiro atoms. The third kappa shape index (κ3) is 5.87. The van der Waals surface area contributed by atoms with E-state index in [2.05, 4.69) is 15.4 Å².